The zero-order valence-electron chi connectivity index (χ0n) is 34.8. The summed E-state index contributed by atoms with van der Waals surface area (Å²) in [5.41, 5.74) is 11.6. The minimum atomic E-state index is -2.78. The molecule has 0 spiro atoms. The van der Waals surface area contributed by atoms with Crippen LogP contribution >= 0.6 is 0 Å². The van der Waals surface area contributed by atoms with Crippen LogP contribution in [0.4, 0.5) is 17.1 Å². The fourth-order valence-electron chi connectivity index (χ4n) is 9.65. The van der Waals surface area contributed by atoms with Crippen LogP contribution in [0.3, 0.4) is 0 Å². The Morgan fingerprint density at radius 2 is 0.667 bits per heavy atom. The van der Waals surface area contributed by atoms with Crippen LogP contribution in [-0.2, 0) is 0 Å². The van der Waals surface area contributed by atoms with Crippen molar-refractivity contribution >= 4 is 67.7 Å². The van der Waals surface area contributed by atoms with E-state index in [-0.39, 0.29) is 0 Å². The summed E-state index contributed by atoms with van der Waals surface area (Å²) in [4.78, 5) is 2.42. The average molecular weight is 821 g/mol. The first-order chi connectivity index (χ1) is 31.3. The fraction of sp³-hybridized carbons (Fsp3) is 0. The maximum absolute atomic E-state index is 2.78. The normalized spacial score (nSPS) is 11.5. The van der Waals surface area contributed by atoms with Crippen LogP contribution in [0.15, 0.2) is 267 Å². The molecule has 10 aromatic carbocycles. The van der Waals surface area contributed by atoms with E-state index in [0.717, 1.165) is 22.7 Å². The molecule has 2 nitrogen and oxygen atoms in total. The van der Waals surface area contributed by atoms with Crippen molar-refractivity contribution in [2.75, 3.05) is 4.90 Å². The topological polar surface area (TPSA) is 8.17 Å². The highest BCUT2D eigenvalue weighted by molar-refractivity contribution is 7.19. The third-order valence-electron chi connectivity index (χ3n) is 12.5. The number of nitrogens with zero attached hydrogens (tertiary/aromatic N) is 2. The number of fused-ring (bicyclic) bond motifs is 3. The van der Waals surface area contributed by atoms with Gasteiger partial charge in [0.1, 0.15) is 0 Å². The van der Waals surface area contributed by atoms with E-state index < -0.39 is 8.07 Å². The summed E-state index contributed by atoms with van der Waals surface area (Å²) in [6.07, 6.45) is 0. The van der Waals surface area contributed by atoms with Gasteiger partial charge in [-0.1, -0.05) is 206 Å². The number of anilines is 3. The van der Waals surface area contributed by atoms with E-state index in [2.05, 4.69) is 276 Å². The molecule has 0 aliphatic carbocycles. The second kappa shape index (κ2) is 16.5. The number of rotatable bonds is 10. The lowest BCUT2D eigenvalue weighted by Gasteiger charge is -2.35. The number of hydrogen-bond acceptors (Lipinski definition) is 1. The number of benzene rings is 10. The molecule has 63 heavy (non-hydrogen) atoms. The van der Waals surface area contributed by atoms with Gasteiger partial charge in [-0.25, -0.2) is 0 Å². The molecule has 11 rings (SSSR count). The number of para-hydroxylation sites is 2. The summed E-state index contributed by atoms with van der Waals surface area (Å²) in [6.45, 7) is 0. The molecule has 0 N–H and O–H groups in total. The van der Waals surface area contributed by atoms with Crippen molar-refractivity contribution in [2.24, 2.45) is 0 Å². The van der Waals surface area contributed by atoms with Crippen molar-refractivity contribution in [3.8, 4) is 27.9 Å². The molecule has 0 aliphatic heterocycles. The van der Waals surface area contributed by atoms with Gasteiger partial charge in [-0.05, 0) is 104 Å². The fourth-order valence-corrected chi connectivity index (χ4v) is 14.4. The first kappa shape index (κ1) is 38.0. The lowest BCUT2D eigenvalue weighted by atomic mass is 10.0. The summed E-state index contributed by atoms with van der Waals surface area (Å²) in [5, 5.41) is 7.92. The second-order valence-electron chi connectivity index (χ2n) is 16.1. The molecule has 11 aromatic rings. The Kier molecular flexibility index (Phi) is 9.93. The Morgan fingerprint density at radius 3 is 1.21 bits per heavy atom. The van der Waals surface area contributed by atoms with Crippen LogP contribution in [0.2, 0.25) is 0 Å². The Morgan fingerprint density at radius 1 is 0.270 bits per heavy atom. The van der Waals surface area contributed by atoms with E-state index in [0.29, 0.717) is 0 Å². The van der Waals surface area contributed by atoms with E-state index in [1.807, 2.05) is 0 Å². The SMILES string of the molecule is c1ccc(-c2cccc(N(c3ccc(-c4ccc(-n5c6ccccc6c6ccccc65)cc4)cc3)c3cccc([Si](c4ccccc4)(c4ccccc4)c4ccccc4)c3)c2)cc1. The molecule has 1 heterocycles. The average Bonchev–Trinajstić information content (AvgIpc) is 3.71. The van der Waals surface area contributed by atoms with Crippen LogP contribution in [0.25, 0.3) is 49.7 Å². The van der Waals surface area contributed by atoms with Crippen molar-refractivity contribution in [1.82, 2.24) is 4.57 Å². The molecule has 0 radical (unpaired) electrons. The summed E-state index contributed by atoms with van der Waals surface area (Å²) >= 11 is 0. The lowest BCUT2D eigenvalue weighted by Crippen LogP contribution is -2.74. The van der Waals surface area contributed by atoms with Crippen LogP contribution in [0.5, 0.6) is 0 Å². The van der Waals surface area contributed by atoms with Gasteiger partial charge in [-0.2, -0.15) is 0 Å². The first-order valence-corrected chi connectivity index (χ1v) is 23.7. The molecule has 298 valence electrons. The van der Waals surface area contributed by atoms with Gasteiger partial charge in [0.15, 0.2) is 8.07 Å². The Hall–Kier alpha value is -7.98. The molecule has 0 bridgehead atoms. The highest BCUT2D eigenvalue weighted by Crippen LogP contribution is 2.38. The second-order valence-corrected chi connectivity index (χ2v) is 19.9. The first-order valence-electron chi connectivity index (χ1n) is 21.7. The molecule has 0 saturated carbocycles. The lowest BCUT2D eigenvalue weighted by molar-refractivity contribution is 1.18. The van der Waals surface area contributed by atoms with Crippen LogP contribution in [-0.4, -0.2) is 12.6 Å². The minimum Gasteiger partial charge on any atom is -0.310 e. The van der Waals surface area contributed by atoms with E-state index in [1.54, 1.807) is 0 Å². The van der Waals surface area contributed by atoms with Crippen molar-refractivity contribution in [1.29, 1.82) is 0 Å². The van der Waals surface area contributed by atoms with E-state index >= 15 is 0 Å². The van der Waals surface area contributed by atoms with E-state index in [4.69, 9.17) is 0 Å². The van der Waals surface area contributed by atoms with E-state index in [1.165, 1.54) is 64.8 Å². The van der Waals surface area contributed by atoms with Crippen molar-refractivity contribution in [3.63, 3.8) is 0 Å². The van der Waals surface area contributed by atoms with E-state index in [9.17, 15) is 0 Å². The molecule has 0 amide bonds. The molecule has 1 aromatic heterocycles. The largest absolute Gasteiger partial charge is 0.310 e. The van der Waals surface area contributed by atoms with Gasteiger partial charge < -0.3 is 9.47 Å². The van der Waals surface area contributed by atoms with Crippen LogP contribution in [0, 0.1) is 0 Å². The zero-order chi connectivity index (χ0) is 42.0. The number of aromatic nitrogens is 1. The molecular weight excluding hydrogens is 777 g/mol. The van der Waals surface area contributed by atoms with Gasteiger partial charge in [-0.15, -0.1) is 0 Å². The predicted octanol–water partition coefficient (Wildman–Crippen LogP) is 13.0. The molecule has 3 heteroatoms. The van der Waals surface area contributed by atoms with Crippen LogP contribution in [0.1, 0.15) is 0 Å². The summed E-state index contributed by atoms with van der Waals surface area (Å²) in [7, 11) is -2.78. The van der Waals surface area contributed by atoms with Gasteiger partial charge in [-0.3, -0.25) is 0 Å². The third kappa shape index (κ3) is 6.86. The molecule has 0 aliphatic rings. The maximum atomic E-state index is 2.45. The molecule has 0 saturated heterocycles. The predicted molar refractivity (Wildman–Crippen MR) is 270 cm³/mol. The van der Waals surface area contributed by atoms with Crippen LogP contribution < -0.4 is 25.6 Å². The monoisotopic (exact) mass is 820 g/mol. The standard InChI is InChI=1S/C60H44N2Si/c1-5-19-45(20-6-1)48-21-17-22-51(43-48)61(52-23-18-30-56(44-52)63(53-24-7-2-8-25-53,54-26-9-3-10-27-54)55-28-11-4-12-29-55)49-39-35-46(36-40-49)47-37-41-50(42-38-47)62-59-33-15-13-31-57(59)58-32-14-16-34-60(58)62/h1-44H. The molecule has 0 unspecified atom stereocenters. The number of hydrogen-bond donors (Lipinski definition) is 0. The molecule has 0 atom stereocenters. The van der Waals surface area contributed by atoms with Gasteiger partial charge in [0.2, 0.25) is 0 Å². The smallest absolute Gasteiger partial charge is 0.179 e. The Bertz CT molecular complexity index is 3160. The molecule has 0 fully saturated rings. The highest BCUT2D eigenvalue weighted by Gasteiger charge is 2.41. The highest BCUT2D eigenvalue weighted by atomic mass is 28.3. The minimum absolute atomic E-state index is 1.09. The van der Waals surface area contributed by atoms with Crippen molar-refractivity contribution in [3.05, 3.63) is 267 Å². The van der Waals surface area contributed by atoms with Gasteiger partial charge in [0.25, 0.3) is 0 Å². The van der Waals surface area contributed by atoms with Crippen molar-refractivity contribution < 1.29 is 0 Å². The zero-order valence-corrected chi connectivity index (χ0v) is 35.8. The molecular formula is C60H44N2Si. The summed E-state index contributed by atoms with van der Waals surface area (Å²) in [5.74, 6) is 0. The Labute approximate surface area is 370 Å². The van der Waals surface area contributed by atoms with Gasteiger partial charge in [0, 0.05) is 33.5 Å². The Balaban J connectivity index is 1.03. The van der Waals surface area contributed by atoms with Gasteiger partial charge in [0.05, 0.1) is 11.0 Å². The third-order valence-corrected chi connectivity index (χ3v) is 17.3. The summed E-state index contributed by atoms with van der Waals surface area (Å²) in [6, 6.07) is 97.8. The maximum Gasteiger partial charge on any atom is 0.179 e. The summed E-state index contributed by atoms with van der Waals surface area (Å²) < 4.78 is 2.37. The van der Waals surface area contributed by atoms with Crippen molar-refractivity contribution in [2.45, 2.75) is 0 Å². The van der Waals surface area contributed by atoms with Gasteiger partial charge >= 0.3 is 0 Å². The quantitative estimate of drug-likeness (QED) is 0.0985.